The topological polar surface area (TPSA) is 55.6 Å². The van der Waals surface area contributed by atoms with Gasteiger partial charge in [0.15, 0.2) is 11.5 Å². The summed E-state index contributed by atoms with van der Waals surface area (Å²) in [6.07, 6.45) is 4.63. The molecule has 0 amide bonds. The Bertz CT molecular complexity index is 1330. The fourth-order valence-electron chi connectivity index (χ4n) is 4.10. The van der Waals surface area contributed by atoms with Crippen molar-refractivity contribution in [1.82, 2.24) is 19.8 Å². The summed E-state index contributed by atoms with van der Waals surface area (Å²) in [6, 6.07) is 10.5. The van der Waals surface area contributed by atoms with Crippen LogP contribution >= 0.6 is 11.3 Å². The monoisotopic (exact) mass is 477 g/mol. The number of rotatable bonds is 8. The Morgan fingerprint density at radius 3 is 2.59 bits per heavy atom. The van der Waals surface area contributed by atoms with Gasteiger partial charge in [0.05, 0.1) is 23.4 Å². The smallest absolute Gasteiger partial charge is 0.187 e. The van der Waals surface area contributed by atoms with Gasteiger partial charge in [0.1, 0.15) is 5.75 Å². The normalized spacial score (nSPS) is 12.6. The van der Waals surface area contributed by atoms with Crippen molar-refractivity contribution in [3.8, 4) is 17.1 Å². The number of methoxy groups -OCH3 is 1. The molecule has 4 aromatic rings. The number of thiophene rings is 1. The molecule has 0 radical (unpaired) electrons. The Kier molecular flexibility index (Phi) is 6.94. The van der Waals surface area contributed by atoms with Crippen molar-refractivity contribution in [3.63, 3.8) is 0 Å². The van der Waals surface area contributed by atoms with Crippen molar-refractivity contribution in [2.75, 3.05) is 25.1 Å². The number of aryl methyl sites for hydroxylation is 1. The summed E-state index contributed by atoms with van der Waals surface area (Å²) in [4.78, 5) is 8.58. The van der Waals surface area contributed by atoms with E-state index in [0.717, 1.165) is 46.5 Å². The highest BCUT2D eigenvalue weighted by molar-refractivity contribution is 7.16. The third-order valence-corrected chi connectivity index (χ3v) is 7.05. The lowest BCUT2D eigenvalue weighted by atomic mass is 9.91. The summed E-state index contributed by atoms with van der Waals surface area (Å²) in [5.74, 6) is 1.39. The molecule has 0 atom stereocenters. The Morgan fingerprint density at radius 1 is 1.12 bits per heavy atom. The second-order valence-electron chi connectivity index (χ2n) is 9.72. The molecule has 0 saturated carbocycles. The van der Waals surface area contributed by atoms with Gasteiger partial charge in [-0.2, -0.15) is 5.10 Å². The van der Waals surface area contributed by atoms with Crippen LogP contribution < -0.4 is 14.9 Å². The Morgan fingerprint density at radius 2 is 1.91 bits per heavy atom. The minimum Gasteiger partial charge on any atom is -0.496 e. The molecule has 0 unspecified atom stereocenters. The lowest BCUT2D eigenvalue weighted by Gasteiger charge is -2.20. The molecule has 4 rings (SSSR count). The number of aromatic nitrogens is 4. The minimum atomic E-state index is -0.133. The Hall–Kier alpha value is -2.93. The van der Waals surface area contributed by atoms with Crippen LogP contribution in [0, 0.1) is 6.92 Å². The second-order valence-corrected chi connectivity index (χ2v) is 10.8. The van der Waals surface area contributed by atoms with Crippen LogP contribution in [0.15, 0.2) is 30.3 Å². The number of fused-ring (bicyclic) bond motifs is 1. The average molecular weight is 478 g/mol. The molecule has 0 aliphatic rings. The lowest BCUT2D eigenvalue weighted by molar-refractivity contribution is 0.416. The van der Waals surface area contributed by atoms with Gasteiger partial charge in [-0.15, -0.1) is 21.1 Å². The molecule has 0 spiro atoms. The fourth-order valence-corrected chi connectivity index (χ4v) is 5.14. The third kappa shape index (κ3) is 4.80. The standard InChI is InChI=1S/C27H35N5OS/c1-8-10-15-31(9-2)23-14-12-19(34-23)17-21-24(27(4,5)6)29-32-26(21)28-25(30-32)20-16-18(3)11-13-22(20)33-7/h11-14,16-17H,8-10,15H2,1-7H3/b21-17-. The highest BCUT2D eigenvalue weighted by atomic mass is 32.1. The van der Waals surface area contributed by atoms with E-state index < -0.39 is 0 Å². The molecule has 7 heteroatoms. The zero-order valence-electron chi connectivity index (χ0n) is 21.3. The third-order valence-electron chi connectivity index (χ3n) is 5.96. The first-order chi connectivity index (χ1) is 16.2. The molecule has 3 heterocycles. The Balaban J connectivity index is 1.83. The van der Waals surface area contributed by atoms with E-state index in [-0.39, 0.29) is 5.41 Å². The molecule has 6 nitrogen and oxygen atoms in total. The molecule has 0 aliphatic carbocycles. The maximum Gasteiger partial charge on any atom is 0.187 e. The van der Waals surface area contributed by atoms with Crippen LogP contribution in [0.2, 0.25) is 0 Å². The number of ether oxygens (including phenoxy) is 1. The molecular formula is C27H35N5OS. The van der Waals surface area contributed by atoms with E-state index in [4.69, 9.17) is 19.9 Å². The Labute approximate surface area is 206 Å². The van der Waals surface area contributed by atoms with Gasteiger partial charge in [-0.25, -0.2) is 4.98 Å². The van der Waals surface area contributed by atoms with Gasteiger partial charge in [0, 0.05) is 28.6 Å². The first kappa shape index (κ1) is 24.2. The molecule has 0 fully saturated rings. The van der Waals surface area contributed by atoms with E-state index in [1.807, 2.05) is 23.5 Å². The van der Waals surface area contributed by atoms with E-state index in [2.05, 4.69) is 70.7 Å². The maximum absolute atomic E-state index is 5.57. The van der Waals surface area contributed by atoms with Crippen LogP contribution in [0.4, 0.5) is 5.00 Å². The minimum absolute atomic E-state index is 0.133. The summed E-state index contributed by atoms with van der Waals surface area (Å²) in [5.41, 5.74) is 3.65. The number of benzene rings is 1. The molecule has 0 N–H and O–H groups in total. The molecular weight excluding hydrogens is 442 g/mol. The summed E-state index contributed by atoms with van der Waals surface area (Å²) in [5, 5.41) is 11.9. The quantitative estimate of drug-likeness (QED) is 0.329. The van der Waals surface area contributed by atoms with E-state index in [9.17, 15) is 0 Å². The second kappa shape index (κ2) is 9.74. The molecule has 0 aliphatic heterocycles. The number of nitrogens with zero attached hydrogens (tertiary/aromatic N) is 5. The van der Waals surface area contributed by atoms with Crippen molar-refractivity contribution in [3.05, 3.63) is 51.7 Å². The van der Waals surface area contributed by atoms with Gasteiger partial charge < -0.3 is 9.64 Å². The number of anilines is 1. The van der Waals surface area contributed by atoms with Crippen molar-refractivity contribution in [2.24, 2.45) is 0 Å². The van der Waals surface area contributed by atoms with Crippen LogP contribution in [0.3, 0.4) is 0 Å². The van der Waals surface area contributed by atoms with E-state index in [1.54, 1.807) is 11.7 Å². The molecule has 1 aromatic carbocycles. The lowest BCUT2D eigenvalue weighted by Crippen LogP contribution is -2.22. The van der Waals surface area contributed by atoms with E-state index in [1.165, 1.54) is 22.7 Å². The van der Waals surface area contributed by atoms with Gasteiger partial charge in [-0.05, 0) is 50.6 Å². The van der Waals surface area contributed by atoms with Crippen molar-refractivity contribution < 1.29 is 4.74 Å². The van der Waals surface area contributed by atoms with Gasteiger partial charge in [0.25, 0.3) is 0 Å². The number of unbranched alkanes of at least 4 members (excludes halogenated alkanes) is 1. The van der Waals surface area contributed by atoms with Crippen molar-refractivity contribution in [2.45, 2.75) is 59.8 Å². The van der Waals surface area contributed by atoms with Gasteiger partial charge in [-0.3, -0.25) is 0 Å². The fraction of sp³-hybridized carbons (Fsp3) is 0.444. The first-order valence-electron chi connectivity index (χ1n) is 12.0. The van der Waals surface area contributed by atoms with Crippen LogP contribution in [-0.4, -0.2) is 40.0 Å². The van der Waals surface area contributed by atoms with Gasteiger partial charge in [0.2, 0.25) is 0 Å². The molecule has 180 valence electrons. The van der Waals surface area contributed by atoms with E-state index in [0.29, 0.717) is 5.82 Å². The summed E-state index contributed by atoms with van der Waals surface area (Å²) in [7, 11) is 1.67. The van der Waals surface area contributed by atoms with Crippen molar-refractivity contribution in [1.29, 1.82) is 0 Å². The number of hydrogen-bond acceptors (Lipinski definition) is 6. The predicted octanol–water partition coefficient (Wildman–Crippen LogP) is 5.64. The van der Waals surface area contributed by atoms with E-state index >= 15 is 0 Å². The van der Waals surface area contributed by atoms with Crippen LogP contribution in [0.1, 0.15) is 63.6 Å². The summed E-state index contributed by atoms with van der Waals surface area (Å²) >= 11 is 1.82. The maximum atomic E-state index is 5.57. The molecule has 0 saturated heterocycles. The zero-order chi connectivity index (χ0) is 24.5. The number of hydrogen-bond donors (Lipinski definition) is 0. The highest BCUT2D eigenvalue weighted by Gasteiger charge is 2.24. The van der Waals surface area contributed by atoms with Gasteiger partial charge in [-0.1, -0.05) is 45.7 Å². The average Bonchev–Trinajstić information content (AvgIpc) is 3.50. The van der Waals surface area contributed by atoms with Crippen LogP contribution in [0.25, 0.3) is 23.1 Å². The summed E-state index contributed by atoms with van der Waals surface area (Å²) in [6.45, 7) is 15.2. The molecule has 34 heavy (non-hydrogen) atoms. The van der Waals surface area contributed by atoms with Crippen LogP contribution in [-0.2, 0) is 5.41 Å². The molecule has 0 bridgehead atoms. The molecule has 3 aromatic heterocycles. The first-order valence-corrected chi connectivity index (χ1v) is 12.9. The summed E-state index contributed by atoms with van der Waals surface area (Å²) < 4.78 is 7.25. The van der Waals surface area contributed by atoms with Gasteiger partial charge >= 0.3 is 0 Å². The highest BCUT2D eigenvalue weighted by Crippen LogP contribution is 2.30. The predicted molar refractivity (Wildman–Crippen MR) is 142 cm³/mol. The SMILES string of the molecule is CCCCN(CC)c1ccc(/C=c2/c(C(C)(C)C)nn3nc(-c4cc(C)ccc4OC)nc23)s1. The van der Waals surface area contributed by atoms with Crippen LogP contribution in [0.5, 0.6) is 5.75 Å². The van der Waals surface area contributed by atoms with Crippen molar-refractivity contribution >= 4 is 28.1 Å². The zero-order valence-corrected chi connectivity index (χ0v) is 22.2. The largest absolute Gasteiger partial charge is 0.496 e.